The lowest BCUT2D eigenvalue weighted by atomic mass is 10.0. The summed E-state index contributed by atoms with van der Waals surface area (Å²) in [7, 11) is 0. The zero-order valence-electron chi connectivity index (χ0n) is 16.6. The lowest BCUT2D eigenvalue weighted by Gasteiger charge is -2.21. The summed E-state index contributed by atoms with van der Waals surface area (Å²) < 4.78 is 10.5. The second-order valence-corrected chi connectivity index (χ2v) is 7.05. The third kappa shape index (κ3) is 5.81. The average molecular weight is 404 g/mol. The third-order valence-electron chi connectivity index (χ3n) is 4.29. The molecule has 0 bridgehead atoms. The molecule has 2 unspecified atom stereocenters. The van der Waals surface area contributed by atoms with Crippen molar-refractivity contribution in [1.82, 2.24) is 10.6 Å². The Hall–Kier alpha value is -3.36. The van der Waals surface area contributed by atoms with Crippen LogP contribution in [0.5, 0.6) is 5.75 Å². The van der Waals surface area contributed by atoms with Crippen molar-refractivity contribution in [1.29, 1.82) is 0 Å². The topological polar surface area (TPSA) is 135 Å². The van der Waals surface area contributed by atoms with Gasteiger partial charge in [0.2, 0.25) is 5.91 Å². The van der Waals surface area contributed by atoms with Gasteiger partial charge in [0.25, 0.3) is 5.91 Å². The van der Waals surface area contributed by atoms with Crippen LogP contribution in [-0.2, 0) is 14.4 Å². The number of hydrogen-bond acceptors (Lipinski definition) is 6. The molecule has 2 atom stereocenters. The van der Waals surface area contributed by atoms with Gasteiger partial charge in [-0.15, -0.1) is 0 Å². The van der Waals surface area contributed by atoms with Crippen molar-refractivity contribution in [2.45, 2.75) is 39.8 Å². The number of fused-ring (bicyclic) bond motifs is 1. The van der Waals surface area contributed by atoms with Crippen LogP contribution in [-0.4, -0.2) is 41.6 Å². The number of hydrogen-bond donors (Lipinski definition) is 3. The van der Waals surface area contributed by atoms with Crippen LogP contribution < -0.4 is 21.0 Å². The monoisotopic (exact) mass is 404 g/mol. The smallest absolute Gasteiger partial charge is 0.336 e. The maximum Gasteiger partial charge on any atom is 0.336 e. The molecule has 1 aromatic heterocycles. The van der Waals surface area contributed by atoms with E-state index in [1.54, 1.807) is 32.9 Å². The molecule has 2 aromatic rings. The molecule has 0 aliphatic heterocycles. The van der Waals surface area contributed by atoms with Crippen LogP contribution in [0.2, 0.25) is 0 Å². The summed E-state index contributed by atoms with van der Waals surface area (Å²) in [4.78, 5) is 46.8. The van der Waals surface area contributed by atoms with Crippen LogP contribution in [0.3, 0.4) is 0 Å². The maximum atomic E-state index is 12.1. The standard InChI is InChI=1S/C20H24N2O7/c1-10(2)18(20(26)27)22-19(25)12(4)21-16(23)9-28-13-5-6-14-11(3)7-17(24)29-15(14)8-13/h5-8,10,12,18H,9H2,1-4H3,(H,21,23)(H,22,25)(H,26,27). The quantitative estimate of drug-likeness (QED) is 0.563. The van der Waals surface area contributed by atoms with Crippen LogP contribution in [0, 0.1) is 12.8 Å². The Labute approximate surface area is 167 Å². The molecule has 0 aliphatic carbocycles. The van der Waals surface area contributed by atoms with Gasteiger partial charge in [-0.2, -0.15) is 0 Å². The first kappa shape index (κ1) is 21.9. The van der Waals surface area contributed by atoms with E-state index in [0.717, 1.165) is 10.9 Å². The molecule has 2 rings (SSSR count). The molecule has 0 radical (unpaired) electrons. The molecule has 2 amide bonds. The fraction of sp³-hybridized carbons (Fsp3) is 0.400. The van der Waals surface area contributed by atoms with E-state index in [1.807, 2.05) is 0 Å². The number of rotatable bonds is 8. The van der Waals surface area contributed by atoms with Crippen LogP contribution in [0.25, 0.3) is 11.0 Å². The number of carboxylic acid groups (broad SMARTS) is 1. The van der Waals surface area contributed by atoms with E-state index in [9.17, 15) is 19.2 Å². The van der Waals surface area contributed by atoms with Gasteiger partial charge in [0.15, 0.2) is 6.61 Å². The van der Waals surface area contributed by atoms with E-state index in [2.05, 4.69) is 10.6 Å². The summed E-state index contributed by atoms with van der Waals surface area (Å²) >= 11 is 0. The van der Waals surface area contributed by atoms with E-state index in [-0.39, 0.29) is 12.5 Å². The molecule has 9 nitrogen and oxygen atoms in total. The number of nitrogens with one attached hydrogen (secondary N) is 2. The van der Waals surface area contributed by atoms with Crippen molar-refractivity contribution in [3.8, 4) is 5.75 Å². The second-order valence-electron chi connectivity index (χ2n) is 7.05. The number of carbonyl (C=O) groups excluding carboxylic acids is 2. The van der Waals surface area contributed by atoms with Gasteiger partial charge >= 0.3 is 11.6 Å². The first-order valence-corrected chi connectivity index (χ1v) is 9.08. The summed E-state index contributed by atoms with van der Waals surface area (Å²) in [5.74, 6) is -2.30. The van der Waals surface area contributed by atoms with E-state index >= 15 is 0 Å². The number of carbonyl (C=O) groups is 3. The van der Waals surface area contributed by atoms with E-state index < -0.39 is 35.5 Å². The van der Waals surface area contributed by atoms with Gasteiger partial charge < -0.3 is 24.9 Å². The zero-order valence-corrected chi connectivity index (χ0v) is 16.6. The van der Waals surface area contributed by atoms with Gasteiger partial charge in [0.05, 0.1) is 0 Å². The molecular formula is C20H24N2O7. The molecule has 3 N–H and O–H groups in total. The minimum atomic E-state index is -1.14. The molecule has 1 heterocycles. The fourth-order valence-corrected chi connectivity index (χ4v) is 2.68. The van der Waals surface area contributed by atoms with Crippen molar-refractivity contribution in [3.63, 3.8) is 0 Å². The zero-order chi connectivity index (χ0) is 21.7. The molecular weight excluding hydrogens is 380 g/mol. The van der Waals surface area contributed by atoms with Gasteiger partial charge in [0.1, 0.15) is 23.4 Å². The lowest BCUT2D eigenvalue weighted by molar-refractivity contribution is -0.143. The summed E-state index contributed by atoms with van der Waals surface area (Å²) in [6.07, 6.45) is 0. The minimum absolute atomic E-state index is 0.306. The van der Waals surface area contributed by atoms with Crippen LogP contribution in [0.4, 0.5) is 0 Å². The largest absolute Gasteiger partial charge is 0.484 e. The number of carboxylic acids is 1. The lowest BCUT2D eigenvalue weighted by Crippen LogP contribution is -2.52. The number of aliphatic carboxylic acids is 1. The SMILES string of the molecule is Cc1cc(=O)oc2cc(OCC(=O)NC(C)C(=O)NC(C(=O)O)C(C)C)ccc12. The summed E-state index contributed by atoms with van der Waals surface area (Å²) in [6.45, 7) is 6.20. The van der Waals surface area contributed by atoms with Crippen LogP contribution >= 0.6 is 0 Å². The molecule has 1 aromatic carbocycles. The van der Waals surface area contributed by atoms with Gasteiger partial charge in [-0.3, -0.25) is 9.59 Å². The molecule has 0 aliphatic rings. The van der Waals surface area contributed by atoms with E-state index in [4.69, 9.17) is 14.3 Å². The average Bonchev–Trinajstić information content (AvgIpc) is 2.63. The molecule has 0 saturated carbocycles. The highest BCUT2D eigenvalue weighted by Crippen LogP contribution is 2.22. The van der Waals surface area contributed by atoms with Gasteiger partial charge in [0, 0.05) is 17.5 Å². The molecule has 0 spiro atoms. The number of ether oxygens (including phenoxy) is 1. The Bertz CT molecular complexity index is 980. The summed E-state index contributed by atoms with van der Waals surface area (Å²) in [5, 5.41) is 14.7. The summed E-state index contributed by atoms with van der Waals surface area (Å²) in [6, 6.07) is 4.26. The van der Waals surface area contributed by atoms with Crippen LogP contribution in [0.15, 0.2) is 33.5 Å². The predicted molar refractivity (Wildman–Crippen MR) is 105 cm³/mol. The Morgan fingerprint density at radius 2 is 1.83 bits per heavy atom. The van der Waals surface area contributed by atoms with Gasteiger partial charge in [-0.25, -0.2) is 9.59 Å². The Morgan fingerprint density at radius 1 is 1.14 bits per heavy atom. The first-order valence-electron chi connectivity index (χ1n) is 9.08. The van der Waals surface area contributed by atoms with E-state index in [0.29, 0.717) is 11.3 Å². The molecule has 0 fully saturated rings. The van der Waals surface area contributed by atoms with Gasteiger partial charge in [-0.05, 0) is 37.5 Å². The van der Waals surface area contributed by atoms with E-state index in [1.165, 1.54) is 19.1 Å². The number of amides is 2. The fourth-order valence-electron chi connectivity index (χ4n) is 2.68. The Balaban J connectivity index is 1.94. The van der Waals surface area contributed by atoms with Crippen molar-refractivity contribution in [3.05, 3.63) is 40.2 Å². The van der Waals surface area contributed by atoms with Crippen molar-refractivity contribution in [2.24, 2.45) is 5.92 Å². The Kier molecular flexibility index (Phi) is 6.98. The molecule has 156 valence electrons. The highest BCUT2D eigenvalue weighted by Gasteiger charge is 2.26. The Morgan fingerprint density at radius 3 is 2.45 bits per heavy atom. The minimum Gasteiger partial charge on any atom is -0.484 e. The number of aryl methyl sites for hydroxylation is 1. The highest BCUT2D eigenvalue weighted by molar-refractivity contribution is 5.90. The highest BCUT2D eigenvalue weighted by atomic mass is 16.5. The molecule has 29 heavy (non-hydrogen) atoms. The normalized spacial score (nSPS) is 13.0. The predicted octanol–water partition coefficient (Wildman–Crippen LogP) is 1.21. The molecule has 0 saturated heterocycles. The number of benzene rings is 1. The van der Waals surface area contributed by atoms with Crippen molar-refractivity contribution < 1.29 is 28.6 Å². The van der Waals surface area contributed by atoms with Crippen molar-refractivity contribution >= 4 is 28.8 Å². The second kappa shape index (κ2) is 9.22. The van der Waals surface area contributed by atoms with Gasteiger partial charge in [-0.1, -0.05) is 13.8 Å². The first-order chi connectivity index (χ1) is 13.6. The van der Waals surface area contributed by atoms with Crippen LogP contribution in [0.1, 0.15) is 26.3 Å². The third-order valence-corrected chi connectivity index (χ3v) is 4.29. The summed E-state index contributed by atoms with van der Waals surface area (Å²) in [5.41, 5.74) is 0.626. The van der Waals surface area contributed by atoms with Crippen molar-refractivity contribution in [2.75, 3.05) is 6.61 Å². The maximum absolute atomic E-state index is 12.1. The molecule has 9 heteroatoms.